The molecule has 4 nitrogen and oxygen atoms in total. The lowest BCUT2D eigenvalue weighted by Crippen LogP contribution is -2.06. The van der Waals surface area contributed by atoms with Crippen molar-refractivity contribution in [2.24, 2.45) is 0 Å². The molecule has 0 aliphatic rings. The van der Waals surface area contributed by atoms with E-state index in [2.05, 4.69) is 0 Å². The average Bonchev–Trinajstić information content (AvgIpc) is 2.20. The molecule has 0 atom stereocenters. The minimum Gasteiger partial charge on any atom is -0.494 e. The van der Waals surface area contributed by atoms with E-state index in [0.29, 0.717) is 5.56 Å². The van der Waals surface area contributed by atoms with E-state index in [0.717, 1.165) is 0 Å². The van der Waals surface area contributed by atoms with Crippen molar-refractivity contribution < 1.29 is 19.4 Å². The van der Waals surface area contributed by atoms with E-state index in [4.69, 9.17) is 26.2 Å². The summed E-state index contributed by atoms with van der Waals surface area (Å²) < 4.78 is 9.85. The molecule has 15 heavy (non-hydrogen) atoms. The molecule has 0 aliphatic carbocycles. The standard InChI is InChI=1S/C10H11ClO4/c1-14-5-6-3-4-7(11)9(15-2)8(6)10(12)13/h3-4H,5H2,1-2H3,(H,12,13). The van der Waals surface area contributed by atoms with Crippen molar-refractivity contribution in [1.29, 1.82) is 0 Å². The number of aromatic carboxylic acids is 1. The van der Waals surface area contributed by atoms with Crippen LogP contribution in [-0.2, 0) is 11.3 Å². The van der Waals surface area contributed by atoms with Crippen molar-refractivity contribution in [3.63, 3.8) is 0 Å². The molecule has 0 amide bonds. The maximum Gasteiger partial charge on any atom is 0.339 e. The van der Waals surface area contributed by atoms with Crippen LogP contribution in [0.3, 0.4) is 0 Å². The van der Waals surface area contributed by atoms with Crippen LogP contribution in [0.15, 0.2) is 12.1 Å². The Labute approximate surface area is 92.4 Å². The van der Waals surface area contributed by atoms with Crippen LogP contribution < -0.4 is 4.74 Å². The second-order valence-corrected chi connectivity index (χ2v) is 3.26. The van der Waals surface area contributed by atoms with Gasteiger partial charge in [0.05, 0.1) is 18.7 Å². The molecule has 0 radical (unpaired) electrons. The van der Waals surface area contributed by atoms with Crippen molar-refractivity contribution in [1.82, 2.24) is 0 Å². The summed E-state index contributed by atoms with van der Waals surface area (Å²) in [5.74, 6) is -0.917. The van der Waals surface area contributed by atoms with E-state index in [1.807, 2.05) is 0 Å². The normalized spacial score (nSPS) is 10.1. The number of hydrogen-bond acceptors (Lipinski definition) is 3. The van der Waals surface area contributed by atoms with E-state index in [9.17, 15) is 4.79 Å². The van der Waals surface area contributed by atoms with Gasteiger partial charge in [-0.3, -0.25) is 0 Å². The van der Waals surface area contributed by atoms with Gasteiger partial charge in [0.15, 0.2) is 5.75 Å². The zero-order valence-corrected chi connectivity index (χ0v) is 9.17. The lowest BCUT2D eigenvalue weighted by atomic mass is 10.1. The number of carbonyl (C=O) groups is 1. The molecule has 1 rings (SSSR count). The summed E-state index contributed by atoms with van der Waals surface area (Å²) in [4.78, 5) is 11.0. The Hall–Kier alpha value is -1.26. The second kappa shape index (κ2) is 5.00. The van der Waals surface area contributed by atoms with E-state index in [1.54, 1.807) is 12.1 Å². The quantitative estimate of drug-likeness (QED) is 0.862. The molecule has 0 heterocycles. The summed E-state index contributed by atoms with van der Waals surface area (Å²) in [6.07, 6.45) is 0. The summed E-state index contributed by atoms with van der Waals surface area (Å²) in [7, 11) is 2.87. The Balaban J connectivity index is 3.35. The molecular weight excluding hydrogens is 220 g/mol. The summed E-state index contributed by atoms with van der Waals surface area (Å²) in [5.41, 5.74) is 0.582. The fraction of sp³-hybridized carbons (Fsp3) is 0.300. The van der Waals surface area contributed by atoms with Gasteiger partial charge in [-0.15, -0.1) is 0 Å². The summed E-state index contributed by atoms with van der Waals surface area (Å²) in [6, 6.07) is 3.19. The third-order valence-corrected chi connectivity index (χ3v) is 2.21. The summed E-state index contributed by atoms with van der Waals surface area (Å²) in [6.45, 7) is 0.204. The van der Waals surface area contributed by atoms with Gasteiger partial charge in [-0.25, -0.2) is 4.79 Å². The minimum atomic E-state index is -1.08. The molecule has 5 heteroatoms. The highest BCUT2D eigenvalue weighted by molar-refractivity contribution is 6.32. The van der Waals surface area contributed by atoms with Gasteiger partial charge in [0.25, 0.3) is 0 Å². The van der Waals surface area contributed by atoms with E-state index >= 15 is 0 Å². The van der Waals surface area contributed by atoms with Crippen molar-refractivity contribution >= 4 is 17.6 Å². The Morgan fingerprint density at radius 2 is 2.13 bits per heavy atom. The number of hydrogen-bond donors (Lipinski definition) is 1. The number of carboxylic acids is 1. The predicted molar refractivity (Wildman–Crippen MR) is 55.7 cm³/mol. The second-order valence-electron chi connectivity index (χ2n) is 2.85. The molecule has 0 aliphatic heterocycles. The first-order valence-corrected chi connectivity index (χ1v) is 4.57. The zero-order valence-electron chi connectivity index (χ0n) is 8.41. The van der Waals surface area contributed by atoms with Crippen molar-refractivity contribution in [2.75, 3.05) is 14.2 Å². The minimum absolute atomic E-state index is 0.0480. The zero-order chi connectivity index (χ0) is 11.4. The van der Waals surface area contributed by atoms with Crippen LogP contribution in [0.5, 0.6) is 5.75 Å². The van der Waals surface area contributed by atoms with Gasteiger partial charge in [-0.2, -0.15) is 0 Å². The highest BCUT2D eigenvalue weighted by Gasteiger charge is 2.18. The molecule has 0 spiro atoms. The molecule has 0 saturated carbocycles. The first-order chi connectivity index (χ1) is 7.11. The Bertz CT molecular complexity index is 376. The molecule has 1 aromatic carbocycles. The smallest absolute Gasteiger partial charge is 0.339 e. The number of methoxy groups -OCH3 is 2. The lowest BCUT2D eigenvalue weighted by Gasteiger charge is -2.11. The van der Waals surface area contributed by atoms with E-state index in [-0.39, 0.29) is 22.9 Å². The number of benzene rings is 1. The Kier molecular flexibility index (Phi) is 3.94. The first kappa shape index (κ1) is 11.8. The number of rotatable bonds is 4. The first-order valence-electron chi connectivity index (χ1n) is 4.19. The summed E-state index contributed by atoms with van der Waals surface area (Å²) >= 11 is 5.82. The van der Waals surface area contributed by atoms with Gasteiger partial charge in [-0.1, -0.05) is 17.7 Å². The molecule has 0 bridgehead atoms. The van der Waals surface area contributed by atoms with Crippen LogP contribution in [0, 0.1) is 0 Å². The molecule has 0 unspecified atom stereocenters. The molecule has 1 N–H and O–H groups in total. The molecule has 0 saturated heterocycles. The van der Waals surface area contributed by atoms with Crippen molar-refractivity contribution in [2.45, 2.75) is 6.61 Å². The molecule has 0 aromatic heterocycles. The van der Waals surface area contributed by atoms with E-state index < -0.39 is 5.97 Å². The van der Waals surface area contributed by atoms with Gasteiger partial charge in [0.1, 0.15) is 5.56 Å². The monoisotopic (exact) mass is 230 g/mol. The number of ether oxygens (including phenoxy) is 2. The van der Waals surface area contributed by atoms with Gasteiger partial charge in [0, 0.05) is 7.11 Å². The molecular formula is C10H11ClO4. The van der Waals surface area contributed by atoms with Gasteiger partial charge in [-0.05, 0) is 11.6 Å². The number of carboxylic acid groups (broad SMARTS) is 1. The molecule has 0 fully saturated rings. The van der Waals surface area contributed by atoms with Crippen molar-refractivity contribution in [3.05, 3.63) is 28.3 Å². The fourth-order valence-electron chi connectivity index (χ4n) is 1.31. The van der Waals surface area contributed by atoms with Crippen molar-refractivity contribution in [3.8, 4) is 5.75 Å². The third kappa shape index (κ3) is 2.40. The third-order valence-electron chi connectivity index (χ3n) is 1.91. The molecule has 82 valence electrons. The number of halogens is 1. The predicted octanol–water partition coefficient (Wildman–Crippen LogP) is 2.19. The van der Waals surface area contributed by atoms with Crippen LogP contribution in [0.1, 0.15) is 15.9 Å². The average molecular weight is 231 g/mol. The van der Waals surface area contributed by atoms with Gasteiger partial charge in [0.2, 0.25) is 0 Å². The van der Waals surface area contributed by atoms with Crippen LogP contribution in [0.2, 0.25) is 5.02 Å². The van der Waals surface area contributed by atoms with Crippen LogP contribution >= 0.6 is 11.6 Å². The molecule has 1 aromatic rings. The Morgan fingerprint density at radius 3 is 2.60 bits per heavy atom. The van der Waals surface area contributed by atoms with Crippen LogP contribution in [0.4, 0.5) is 0 Å². The van der Waals surface area contributed by atoms with Crippen LogP contribution in [0.25, 0.3) is 0 Å². The largest absolute Gasteiger partial charge is 0.494 e. The van der Waals surface area contributed by atoms with Gasteiger partial charge >= 0.3 is 5.97 Å². The fourth-order valence-corrected chi connectivity index (χ4v) is 1.54. The lowest BCUT2D eigenvalue weighted by molar-refractivity contribution is 0.0688. The Morgan fingerprint density at radius 1 is 1.47 bits per heavy atom. The highest BCUT2D eigenvalue weighted by Crippen LogP contribution is 2.31. The maximum atomic E-state index is 11.0. The SMILES string of the molecule is COCc1ccc(Cl)c(OC)c1C(=O)O. The van der Waals surface area contributed by atoms with Crippen LogP contribution in [-0.4, -0.2) is 25.3 Å². The highest BCUT2D eigenvalue weighted by atomic mass is 35.5. The van der Waals surface area contributed by atoms with E-state index in [1.165, 1.54) is 14.2 Å². The summed E-state index contributed by atoms with van der Waals surface area (Å²) in [5, 5.41) is 9.31. The van der Waals surface area contributed by atoms with Gasteiger partial charge < -0.3 is 14.6 Å². The maximum absolute atomic E-state index is 11.0. The topological polar surface area (TPSA) is 55.8 Å².